The van der Waals surface area contributed by atoms with E-state index in [4.69, 9.17) is 0 Å². The molecular weight excluding hydrogens is 452 g/mol. The van der Waals surface area contributed by atoms with Gasteiger partial charge < -0.3 is 4.90 Å². The molecule has 5 rings (SSSR count). The van der Waals surface area contributed by atoms with Gasteiger partial charge in [-0.05, 0) is 54.5 Å². The number of amides is 1. The number of anilines is 1. The fraction of sp³-hybridized carbons (Fsp3) is 0.381. The Morgan fingerprint density at radius 2 is 1.94 bits per heavy atom. The minimum atomic E-state index is -3.47. The van der Waals surface area contributed by atoms with Gasteiger partial charge >= 0.3 is 0 Å². The lowest BCUT2D eigenvalue weighted by molar-refractivity contribution is -0.116. The topological polar surface area (TPSA) is 83.5 Å². The van der Waals surface area contributed by atoms with Crippen molar-refractivity contribution in [3.63, 3.8) is 0 Å². The molecule has 0 radical (unpaired) electrons. The van der Waals surface area contributed by atoms with Crippen LogP contribution in [0, 0.1) is 0 Å². The number of hydrogen-bond donors (Lipinski definition) is 0. The van der Waals surface area contributed by atoms with Gasteiger partial charge in [-0.3, -0.25) is 4.79 Å². The molecule has 0 spiro atoms. The number of thiophene rings is 1. The van der Waals surface area contributed by atoms with Gasteiger partial charge in [-0.15, -0.1) is 11.3 Å². The second-order valence-electron chi connectivity index (χ2n) is 7.66. The van der Waals surface area contributed by atoms with E-state index < -0.39 is 10.0 Å². The number of carbonyl (C=O) groups is 1. The number of sulfonamides is 1. The predicted molar refractivity (Wildman–Crippen MR) is 123 cm³/mol. The first-order valence-corrected chi connectivity index (χ1v) is 13.6. The van der Waals surface area contributed by atoms with Crippen LogP contribution < -0.4 is 4.90 Å². The summed E-state index contributed by atoms with van der Waals surface area (Å²) < 4.78 is 27.5. The fourth-order valence-corrected chi connectivity index (χ4v) is 7.37. The third-order valence-electron chi connectivity index (χ3n) is 5.76. The highest BCUT2D eigenvalue weighted by molar-refractivity contribution is 8.00. The van der Waals surface area contributed by atoms with E-state index in [0.29, 0.717) is 31.0 Å². The highest BCUT2D eigenvalue weighted by Crippen LogP contribution is 2.33. The van der Waals surface area contributed by atoms with Crippen molar-refractivity contribution in [3.05, 3.63) is 41.5 Å². The summed E-state index contributed by atoms with van der Waals surface area (Å²) in [6.45, 7) is 1.74. The number of benzene rings is 1. The zero-order chi connectivity index (χ0) is 21.4. The maximum absolute atomic E-state index is 13.0. The zero-order valence-electron chi connectivity index (χ0n) is 16.9. The average Bonchev–Trinajstić information content (AvgIpc) is 3.45. The zero-order valence-corrected chi connectivity index (χ0v) is 19.3. The molecule has 0 atom stereocenters. The predicted octanol–water partition coefficient (Wildman–Crippen LogP) is 3.55. The highest BCUT2D eigenvalue weighted by Gasteiger charge is 2.30. The average molecular weight is 475 g/mol. The van der Waals surface area contributed by atoms with E-state index >= 15 is 0 Å². The van der Waals surface area contributed by atoms with Crippen molar-refractivity contribution in [2.24, 2.45) is 0 Å². The van der Waals surface area contributed by atoms with E-state index in [9.17, 15) is 13.2 Å². The molecule has 0 unspecified atom stereocenters. The summed E-state index contributed by atoms with van der Waals surface area (Å²) in [6.07, 6.45) is 5.10. The molecule has 2 aliphatic heterocycles. The number of piperidine rings is 1. The molecule has 162 valence electrons. The normalized spacial score (nSPS) is 17.2. The molecule has 0 N–H and O–H groups in total. The van der Waals surface area contributed by atoms with E-state index in [1.54, 1.807) is 38.7 Å². The van der Waals surface area contributed by atoms with Gasteiger partial charge in [0.05, 0.1) is 10.6 Å². The Balaban J connectivity index is 1.31. The lowest BCUT2D eigenvalue weighted by atomic mass is 10.2. The van der Waals surface area contributed by atoms with Crippen LogP contribution >= 0.6 is 23.1 Å². The fourth-order valence-electron chi connectivity index (χ4n) is 4.14. The molecule has 3 aromatic rings. The van der Waals surface area contributed by atoms with Crippen molar-refractivity contribution < 1.29 is 13.2 Å². The van der Waals surface area contributed by atoms with Crippen molar-refractivity contribution >= 4 is 54.9 Å². The summed E-state index contributed by atoms with van der Waals surface area (Å²) in [7, 11) is -3.47. The van der Waals surface area contributed by atoms with Crippen LogP contribution in [-0.2, 0) is 21.2 Å². The Morgan fingerprint density at radius 1 is 1.10 bits per heavy atom. The van der Waals surface area contributed by atoms with Gasteiger partial charge in [0.1, 0.15) is 16.2 Å². The third kappa shape index (κ3) is 3.97. The third-order valence-corrected chi connectivity index (χ3v) is 9.46. The van der Waals surface area contributed by atoms with Crippen molar-refractivity contribution in [2.75, 3.05) is 30.3 Å². The summed E-state index contributed by atoms with van der Waals surface area (Å²) in [4.78, 5) is 24.5. The van der Waals surface area contributed by atoms with Gasteiger partial charge in [0.25, 0.3) is 0 Å². The van der Waals surface area contributed by atoms with Gasteiger partial charge in [-0.2, -0.15) is 4.31 Å². The van der Waals surface area contributed by atoms with Crippen LogP contribution in [0.1, 0.15) is 24.8 Å². The summed E-state index contributed by atoms with van der Waals surface area (Å²) in [5.74, 6) is 0.271. The van der Waals surface area contributed by atoms with Gasteiger partial charge in [-0.25, -0.2) is 18.4 Å². The molecule has 4 heterocycles. The first-order valence-electron chi connectivity index (χ1n) is 10.3. The second kappa shape index (κ2) is 8.50. The largest absolute Gasteiger partial charge is 0.311 e. The molecule has 0 saturated carbocycles. The first-order chi connectivity index (χ1) is 15.0. The molecule has 31 heavy (non-hydrogen) atoms. The quantitative estimate of drug-likeness (QED) is 0.415. The Bertz CT molecular complexity index is 1240. The Labute approximate surface area is 189 Å². The molecule has 7 nitrogen and oxygen atoms in total. The van der Waals surface area contributed by atoms with Crippen LogP contribution in [0.15, 0.2) is 45.9 Å². The van der Waals surface area contributed by atoms with Crippen LogP contribution in [0.3, 0.4) is 0 Å². The molecule has 0 aliphatic carbocycles. The highest BCUT2D eigenvalue weighted by atomic mass is 32.2. The molecule has 1 saturated heterocycles. The molecule has 10 heteroatoms. The lowest BCUT2D eigenvalue weighted by Crippen LogP contribution is -2.35. The van der Waals surface area contributed by atoms with Crippen LogP contribution in [0.2, 0.25) is 0 Å². The Hall–Kier alpha value is -2.01. The van der Waals surface area contributed by atoms with Gasteiger partial charge in [-0.1, -0.05) is 18.2 Å². The van der Waals surface area contributed by atoms with E-state index in [-0.39, 0.29) is 11.7 Å². The molecule has 1 amide bonds. The number of rotatable bonds is 5. The molecule has 1 aromatic carbocycles. The minimum Gasteiger partial charge on any atom is -0.311 e. The summed E-state index contributed by atoms with van der Waals surface area (Å²) >= 11 is 2.96. The molecule has 2 aromatic heterocycles. The second-order valence-corrected chi connectivity index (χ2v) is 11.5. The summed E-state index contributed by atoms with van der Waals surface area (Å²) in [5, 5.41) is 3.75. The first kappa shape index (κ1) is 20.9. The lowest BCUT2D eigenvalue weighted by Gasteiger charge is -2.26. The molecule has 2 aliphatic rings. The monoisotopic (exact) mass is 474 g/mol. The van der Waals surface area contributed by atoms with E-state index in [1.165, 1.54) is 18.1 Å². The number of aromatic nitrogens is 2. The van der Waals surface area contributed by atoms with Gasteiger partial charge in [0.2, 0.25) is 15.9 Å². The maximum Gasteiger partial charge on any atom is 0.243 e. The van der Waals surface area contributed by atoms with Crippen molar-refractivity contribution in [3.8, 4) is 0 Å². The van der Waals surface area contributed by atoms with E-state index in [1.807, 2.05) is 11.4 Å². The summed E-state index contributed by atoms with van der Waals surface area (Å²) in [6, 6.07) is 7.14. The number of fused-ring (bicyclic) bond motifs is 2. The smallest absolute Gasteiger partial charge is 0.243 e. The van der Waals surface area contributed by atoms with Gasteiger partial charge in [0.15, 0.2) is 0 Å². The molecule has 1 fully saturated rings. The standard InChI is InChI=1S/C21H22N4O3S3/c26-19(13-30-21-17-7-11-29-20(17)22-14-23-21)25-10-6-15-12-16(4-5-18(15)25)31(27,28)24-8-2-1-3-9-24/h4-5,7,11-12,14H,1-3,6,8-10,13H2. The minimum absolute atomic E-state index is 0.00243. The van der Waals surface area contributed by atoms with Crippen LogP contribution in [0.4, 0.5) is 5.69 Å². The maximum atomic E-state index is 13.0. The SMILES string of the molecule is O=C(CSc1ncnc2sccc12)N1CCc2cc(S(=O)(=O)N3CCCCC3)ccc21. The van der Waals surface area contributed by atoms with Crippen molar-refractivity contribution in [1.82, 2.24) is 14.3 Å². The number of nitrogens with zero attached hydrogens (tertiary/aromatic N) is 4. The van der Waals surface area contributed by atoms with Crippen molar-refractivity contribution in [1.29, 1.82) is 0 Å². The summed E-state index contributed by atoms with van der Waals surface area (Å²) in [5.41, 5.74) is 1.73. The van der Waals surface area contributed by atoms with Crippen LogP contribution in [-0.4, -0.2) is 54.0 Å². The van der Waals surface area contributed by atoms with E-state index in [0.717, 1.165) is 45.8 Å². The van der Waals surface area contributed by atoms with Gasteiger partial charge in [0, 0.05) is 30.7 Å². The Kier molecular flexibility index (Phi) is 5.72. The van der Waals surface area contributed by atoms with Crippen LogP contribution in [0.25, 0.3) is 10.2 Å². The number of hydrogen-bond acceptors (Lipinski definition) is 7. The molecule has 0 bridgehead atoms. The Morgan fingerprint density at radius 3 is 2.77 bits per heavy atom. The number of carbonyl (C=O) groups excluding carboxylic acids is 1. The number of thioether (sulfide) groups is 1. The van der Waals surface area contributed by atoms with E-state index in [2.05, 4.69) is 9.97 Å². The van der Waals surface area contributed by atoms with Crippen LogP contribution in [0.5, 0.6) is 0 Å². The molecular formula is C21H22N4O3S3. The van der Waals surface area contributed by atoms with Crippen molar-refractivity contribution in [2.45, 2.75) is 35.6 Å².